The van der Waals surface area contributed by atoms with Gasteiger partial charge in [0.1, 0.15) is 0 Å². The lowest BCUT2D eigenvalue weighted by Crippen LogP contribution is -2.37. The van der Waals surface area contributed by atoms with Crippen molar-refractivity contribution in [2.75, 3.05) is 20.3 Å². The monoisotopic (exact) mass is 172 g/mol. The summed E-state index contributed by atoms with van der Waals surface area (Å²) in [5.41, 5.74) is 0. The van der Waals surface area contributed by atoms with Crippen LogP contribution in [0.15, 0.2) is 0 Å². The Balaban J connectivity index is 3.70. The summed E-state index contributed by atoms with van der Waals surface area (Å²) in [6.07, 6.45) is 0.509. The van der Waals surface area contributed by atoms with Crippen LogP contribution in [0.25, 0.3) is 0 Å². The highest BCUT2D eigenvalue weighted by Crippen LogP contribution is 1.85. The molecule has 0 aliphatic rings. The lowest BCUT2D eigenvalue weighted by molar-refractivity contribution is -0.141. The Morgan fingerprint density at radius 2 is 2.50 bits per heavy atom. The molecule has 0 saturated carbocycles. The Morgan fingerprint density at radius 3 is 2.92 bits per heavy atom. The molecule has 0 rings (SSSR count). The lowest BCUT2D eigenvalue weighted by atomic mass is 10.3. The van der Waals surface area contributed by atoms with E-state index in [4.69, 9.17) is 10.4 Å². The van der Waals surface area contributed by atoms with Crippen LogP contribution in [-0.4, -0.2) is 37.4 Å². The van der Waals surface area contributed by atoms with Crippen LogP contribution in [0.2, 0.25) is 0 Å². The number of nitriles is 1. The molecule has 0 spiro atoms. The third-order valence-corrected chi connectivity index (χ3v) is 1.25. The van der Waals surface area contributed by atoms with E-state index in [0.717, 1.165) is 0 Å². The summed E-state index contributed by atoms with van der Waals surface area (Å²) in [6, 6.07) is 0.815. The molecule has 1 atom stereocenters. The topological polar surface area (TPSA) is 82.4 Å². The van der Waals surface area contributed by atoms with Crippen LogP contribution in [0, 0.1) is 11.3 Å². The van der Waals surface area contributed by atoms with Crippen LogP contribution in [0.3, 0.4) is 0 Å². The SMILES string of the molecule is COC(=O)C(C#N)NCCCO. The van der Waals surface area contributed by atoms with E-state index in [1.165, 1.54) is 7.11 Å². The van der Waals surface area contributed by atoms with Gasteiger partial charge in [0.2, 0.25) is 0 Å². The minimum Gasteiger partial charge on any atom is -0.467 e. The van der Waals surface area contributed by atoms with Crippen molar-refractivity contribution in [1.29, 1.82) is 5.26 Å². The van der Waals surface area contributed by atoms with E-state index in [-0.39, 0.29) is 6.61 Å². The van der Waals surface area contributed by atoms with Crippen molar-refractivity contribution >= 4 is 5.97 Å². The van der Waals surface area contributed by atoms with E-state index < -0.39 is 12.0 Å². The predicted molar refractivity (Wildman–Crippen MR) is 41.1 cm³/mol. The summed E-state index contributed by atoms with van der Waals surface area (Å²) in [5.74, 6) is -0.601. The van der Waals surface area contributed by atoms with Crippen molar-refractivity contribution in [2.45, 2.75) is 12.5 Å². The number of carbonyl (C=O) groups excluding carboxylic acids is 1. The van der Waals surface area contributed by atoms with Gasteiger partial charge in [-0.25, -0.2) is 4.79 Å². The van der Waals surface area contributed by atoms with Crippen LogP contribution in [0.4, 0.5) is 0 Å². The molecule has 1 unspecified atom stereocenters. The van der Waals surface area contributed by atoms with Gasteiger partial charge in [0, 0.05) is 6.61 Å². The summed E-state index contributed by atoms with van der Waals surface area (Å²) in [6.45, 7) is 0.455. The molecule has 0 heterocycles. The number of carbonyl (C=O) groups is 1. The first-order chi connectivity index (χ1) is 5.76. The summed E-state index contributed by atoms with van der Waals surface area (Å²) < 4.78 is 4.35. The first-order valence-electron chi connectivity index (χ1n) is 3.58. The van der Waals surface area contributed by atoms with Gasteiger partial charge in [-0.05, 0) is 13.0 Å². The number of hydrogen-bond acceptors (Lipinski definition) is 5. The third kappa shape index (κ3) is 3.91. The number of hydrogen-bond donors (Lipinski definition) is 2. The van der Waals surface area contributed by atoms with E-state index in [1.54, 1.807) is 6.07 Å². The number of rotatable bonds is 5. The summed E-state index contributed by atoms with van der Waals surface area (Å²) in [4.78, 5) is 10.8. The fraction of sp³-hybridized carbons (Fsp3) is 0.714. The lowest BCUT2D eigenvalue weighted by Gasteiger charge is -2.07. The van der Waals surface area contributed by atoms with Gasteiger partial charge >= 0.3 is 5.97 Å². The second-order valence-electron chi connectivity index (χ2n) is 2.12. The van der Waals surface area contributed by atoms with E-state index in [1.807, 2.05) is 0 Å². The number of methoxy groups -OCH3 is 1. The van der Waals surface area contributed by atoms with E-state index >= 15 is 0 Å². The number of aliphatic hydroxyl groups excluding tert-OH is 1. The molecule has 0 aromatic rings. The largest absolute Gasteiger partial charge is 0.467 e. The molecule has 68 valence electrons. The van der Waals surface area contributed by atoms with Gasteiger partial charge in [-0.3, -0.25) is 5.32 Å². The molecule has 0 aromatic heterocycles. The average Bonchev–Trinajstić information content (AvgIpc) is 2.11. The Labute approximate surface area is 70.9 Å². The molecular formula is C7H12N2O3. The molecule has 0 amide bonds. The zero-order chi connectivity index (χ0) is 9.40. The quantitative estimate of drug-likeness (QED) is 0.411. The maximum absolute atomic E-state index is 10.8. The number of esters is 1. The van der Waals surface area contributed by atoms with Crippen molar-refractivity contribution in [3.8, 4) is 6.07 Å². The zero-order valence-corrected chi connectivity index (χ0v) is 6.91. The standard InChI is InChI=1S/C7H12N2O3/c1-12-7(11)6(5-8)9-3-2-4-10/h6,9-10H,2-4H2,1H3. The number of aliphatic hydroxyl groups is 1. The first kappa shape index (κ1) is 10.9. The maximum Gasteiger partial charge on any atom is 0.337 e. The first-order valence-corrected chi connectivity index (χ1v) is 3.58. The van der Waals surface area contributed by atoms with Gasteiger partial charge in [0.25, 0.3) is 0 Å². The highest BCUT2D eigenvalue weighted by Gasteiger charge is 2.16. The smallest absolute Gasteiger partial charge is 0.337 e. The summed E-state index contributed by atoms with van der Waals surface area (Å²) >= 11 is 0. The maximum atomic E-state index is 10.8. The van der Waals surface area contributed by atoms with Gasteiger partial charge in [-0.15, -0.1) is 0 Å². The molecule has 0 aromatic carbocycles. The Kier molecular flexibility index (Phi) is 5.97. The molecule has 12 heavy (non-hydrogen) atoms. The van der Waals surface area contributed by atoms with Crippen LogP contribution < -0.4 is 5.32 Å². The molecule has 0 fully saturated rings. The Bertz CT molecular complexity index is 176. The van der Waals surface area contributed by atoms with E-state index in [2.05, 4.69) is 10.1 Å². The summed E-state index contributed by atoms with van der Waals surface area (Å²) in [5, 5.41) is 19.5. The minimum absolute atomic E-state index is 0.0340. The molecular weight excluding hydrogens is 160 g/mol. The fourth-order valence-electron chi connectivity index (χ4n) is 0.625. The van der Waals surface area contributed by atoms with E-state index in [0.29, 0.717) is 13.0 Å². The number of ether oxygens (including phenoxy) is 1. The van der Waals surface area contributed by atoms with Crippen LogP contribution in [0.1, 0.15) is 6.42 Å². The predicted octanol–water partition coefficient (Wildman–Crippen LogP) is -0.976. The van der Waals surface area contributed by atoms with Gasteiger partial charge in [-0.2, -0.15) is 5.26 Å². The van der Waals surface area contributed by atoms with Gasteiger partial charge in [0.05, 0.1) is 13.2 Å². The second-order valence-corrected chi connectivity index (χ2v) is 2.12. The van der Waals surface area contributed by atoms with Crippen molar-refractivity contribution in [3.05, 3.63) is 0 Å². The van der Waals surface area contributed by atoms with Gasteiger partial charge < -0.3 is 9.84 Å². The molecule has 5 heteroatoms. The zero-order valence-electron chi connectivity index (χ0n) is 6.91. The molecule has 0 saturated heterocycles. The van der Waals surface area contributed by atoms with Crippen LogP contribution in [-0.2, 0) is 9.53 Å². The van der Waals surface area contributed by atoms with Gasteiger partial charge in [0.15, 0.2) is 6.04 Å². The van der Waals surface area contributed by atoms with Gasteiger partial charge in [-0.1, -0.05) is 0 Å². The molecule has 2 N–H and O–H groups in total. The number of nitrogens with one attached hydrogen (secondary N) is 1. The molecule has 5 nitrogen and oxygen atoms in total. The molecule has 0 aliphatic carbocycles. The normalized spacial score (nSPS) is 11.8. The Hall–Kier alpha value is -1.12. The van der Waals surface area contributed by atoms with Crippen molar-refractivity contribution in [2.24, 2.45) is 0 Å². The second kappa shape index (κ2) is 6.58. The minimum atomic E-state index is -0.929. The fourth-order valence-corrected chi connectivity index (χ4v) is 0.625. The van der Waals surface area contributed by atoms with Crippen molar-refractivity contribution in [3.63, 3.8) is 0 Å². The highest BCUT2D eigenvalue weighted by molar-refractivity contribution is 5.78. The molecule has 0 radical (unpaired) electrons. The van der Waals surface area contributed by atoms with Crippen molar-refractivity contribution < 1.29 is 14.6 Å². The van der Waals surface area contributed by atoms with Crippen LogP contribution in [0.5, 0.6) is 0 Å². The van der Waals surface area contributed by atoms with E-state index in [9.17, 15) is 4.79 Å². The third-order valence-electron chi connectivity index (χ3n) is 1.25. The summed E-state index contributed by atoms with van der Waals surface area (Å²) in [7, 11) is 1.22. The average molecular weight is 172 g/mol. The van der Waals surface area contributed by atoms with Crippen LogP contribution >= 0.6 is 0 Å². The Morgan fingerprint density at radius 1 is 1.83 bits per heavy atom. The molecule has 0 bridgehead atoms. The van der Waals surface area contributed by atoms with Crippen molar-refractivity contribution in [1.82, 2.24) is 5.32 Å². The number of nitrogens with zero attached hydrogens (tertiary/aromatic N) is 1. The molecule has 0 aliphatic heterocycles. The highest BCUT2D eigenvalue weighted by atomic mass is 16.5.